The minimum Gasteiger partial charge on any atom is -0.310 e. The number of hydrogen-bond donors (Lipinski definition) is 0. The maximum Gasteiger partial charge on any atom is 0.0719 e. The first-order valence-electron chi connectivity index (χ1n) is 21.8. The van der Waals surface area contributed by atoms with Crippen LogP contribution in [0, 0.1) is 5.92 Å². The molecule has 0 radical (unpaired) electrons. The molecule has 0 aromatic heterocycles. The topological polar surface area (TPSA) is 3.24 Å². The Bertz CT molecular complexity index is 2970. The molecule has 11 rings (SSSR count). The predicted octanol–water partition coefficient (Wildman–Crippen LogP) is 15.3. The number of allylic oxidation sites excluding steroid dienone is 4. The van der Waals surface area contributed by atoms with Crippen LogP contribution in [0.1, 0.15) is 71.7 Å². The molecule has 0 saturated carbocycles. The molecule has 0 N–H and O–H groups in total. The molecule has 3 unspecified atom stereocenters. The second-order valence-electron chi connectivity index (χ2n) is 18.0. The third kappa shape index (κ3) is 5.60. The van der Waals surface area contributed by atoms with Crippen molar-refractivity contribution in [3.63, 3.8) is 0 Å². The molecule has 0 amide bonds. The summed E-state index contributed by atoms with van der Waals surface area (Å²) in [5, 5.41) is 0. The van der Waals surface area contributed by atoms with E-state index in [0.717, 1.165) is 23.5 Å². The van der Waals surface area contributed by atoms with Crippen LogP contribution >= 0.6 is 0 Å². The summed E-state index contributed by atoms with van der Waals surface area (Å²) >= 11 is 0. The summed E-state index contributed by atoms with van der Waals surface area (Å²) < 4.78 is 0. The van der Waals surface area contributed by atoms with Gasteiger partial charge < -0.3 is 4.90 Å². The summed E-state index contributed by atoms with van der Waals surface area (Å²) in [7, 11) is 0. The van der Waals surface area contributed by atoms with Gasteiger partial charge in [-0.05, 0) is 121 Å². The zero-order valence-electron chi connectivity index (χ0n) is 35.1. The lowest BCUT2D eigenvalue weighted by Crippen LogP contribution is -2.47. The highest BCUT2D eigenvalue weighted by molar-refractivity contribution is 5.91. The molecular formula is C60H49N. The molecule has 3 atom stereocenters. The van der Waals surface area contributed by atoms with Crippen LogP contribution in [-0.4, -0.2) is 0 Å². The number of nitrogens with zero attached hydrogens (tertiary/aromatic N) is 1. The Kier molecular flexibility index (Phi) is 8.72. The molecule has 3 aliphatic carbocycles. The fourth-order valence-electron chi connectivity index (χ4n) is 11.1. The average molecular weight is 784 g/mol. The quantitative estimate of drug-likeness (QED) is 0.156. The van der Waals surface area contributed by atoms with Gasteiger partial charge in [0, 0.05) is 17.1 Å². The molecular weight excluding hydrogens is 735 g/mol. The number of benzene rings is 8. The maximum absolute atomic E-state index is 2.50. The lowest BCUT2D eigenvalue weighted by Gasteiger charge is -2.52. The zero-order chi connectivity index (χ0) is 41.2. The molecule has 0 heterocycles. The molecule has 0 fully saturated rings. The van der Waals surface area contributed by atoms with Crippen molar-refractivity contribution in [3.05, 3.63) is 269 Å². The Balaban J connectivity index is 1.18. The van der Waals surface area contributed by atoms with Gasteiger partial charge in [0.05, 0.1) is 10.8 Å². The fraction of sp³-hybridized carbons (Fsp3) is 0.133. The molecule has 8 aromatic rings. The Morgan fingerprint density at radius 3 is 1.74 bits per heavy atom. The van der Waals surface area contributed by atoms with Crippen molar-refractivity contribution in [1.29, 1.82) is 0 Å². The van der Waals surface area contributed by atoms with Gasteiger partial charge in [-0.15, -0.1) is 0 Å². The van der Waals surface area contributed by atoms with E-state index in [0.29, 0.717) is 0 Å². The highest BCUT2D eigenvalue weighted by Crippen LogP contribution is 2.66. The zero-order valence-corrected chi connectivity index (χ0v) is 35.1. The first-order valence-corrected chi connectivity index (χ1v) is 21.8. The van der Waals surface area contributed by atoms with E-state index in [-0.39, 0.29) is 11.3 Å². The van der Waals surface area contributed by atoms with Crippen LogP contribution < -0.4 is 4.90 Å². The van der Waals surface area contributed by atoms with Crippen molar-refractivity contribution in [2.24, 2.45) is 5.92 Å². The Morgan fingerprint density at radius 2 is 1.03 bits per heavy atom. The first-order chi connectivity index (χ1) is 29.9. The van der Waals surface area contributed by atoms with Gasteiger partial charge >= 0.3 is 0 Å². The maximum atomic E-state index is 2.50. The summed E-state index contributed by atoms with van der Waals surface area (Å²) in [5.74, 6) is 0.169. The van der Waals surface area contributed by atoms with Gasteiger partial charge in [0.2, 0.25) is 0 Å². The van der Waals surface area contributed by atoms with Crippen molar-refractivity contribution in [2.75, 3.05) is 4.90 Å². The molecule has 0 saturated heterocycles. The van der Waals surface area contributed by atoms with Crippen LogP contribution in [-0.2, 0) is 16.2 Å². The fourth-order valence-corrected chi connectivity index (χ4v) is 11.1. The third-order valence-electron chi connectivity index (χ3n) is 13.8. The van der Waals surface area contributed by atoms with Gasteiger partial charge in [0.15, 0.2) is 0 Å². The van der Waals surface area contributed by atoms with Gasteiger partial charge in [-0.2, -0.15) is 0 Å². The van der Waals surface area contributed by atoms with Gasteiger partial charge in [0.1, 0.15) is 0 Å². The largest absolute Gasteiger partial charge is 0.310 e. The Morgan fingerprint density at radius 1 is 0.459 bits per heavy atom. The van der Waals surface area contributed by atoms with E-state index in [1.54, 1.807) is 0 Å². The van der Waals surface area contributed by atoms with Crippen LogP contribution in [0.25, 0.3) is 22.3 Å². The normalized spacial score (nSPS) is 19.5. The van der Waals surface area contributed by atoms with Crippen molar-refractivity contribution in [3.8, 4) is 22.3 Å². The van der Waals surface area contributed by atoms with Crippen molar-refractivity contribution in [1.82, 2.24) is 0 Å². The minimum atomic E-state index is -0.502. The molecule has 0 aliphatic heterocycles. The van der Waals surface area contributed by atoms with E-state index >= 15 is 0 Å². The SMILES string of the molecule is CC(C)(C)c1ccc(N(c2ccc(-c3ccccc3)cc2)c2cccc(C3(C4C=CC=CC4)c4ccccc4C4(c5ccccc5)c5ccccc5-c5cccc3c54)c2)cc1. The van der Waals surface area contributed by atoms with Crippen LogP contribution in [0.3, 0.4) is 0 Å². The average Bonchev–Trinajstić information content (AvgIpc) is 3.63. The molecule has 294 valence electrons. The van der Waals surface area contributed by atoms with Crippen LogP contribution in [0.5, 0.6) is 0 Å². The van der Waals surface area contributed by atoms with E-state index in [2.05, 4.69) is 250 Å². The van der Waals surface area contributed by atoms with E-state index in [1.165, 1.54) is 66.8 Å². The molecule has 8 aromatic carbocycles. The Labute approximate surface area is 361 Å². The summed E-state index contributed by atoms with van der Waals surface area (Å²) in [6.07, 6.45) is 10.3. The van der Waals surface area contributed by atoms with Gasteiger partial charge in [-0.3, -0.25) is 0 Å². The smallest absolute Gasteiger partial charge is 0.0719 e. The van der Waals surface area contributed by atoms with E-state index < -0.39 is 10.8 Å². The van der Waals surface area contributed by atoms with Crippen LogP contribution in [0.2, 0.25) is 0 Å². The summed E-state index contributed by atoms with van der Waals surface area (Å²) in [6.45, 7) is 6.85. The second kappa shape index (κ2) is 14.4. The lowest BCUT2D eigenvalue weighted by molar-refractivity contribution is 0.424. The van der Waals surface area contributed by atoms with Crippen molar-refractivity contribution >= 4 is 17.1 Å². The molecule has 61 heavy (non-hydrogen) atoms. The monoisotopic (exact) mass is 783 g/mol. The standard InChI is InChI=1S/C60H49N/c1-58(2,3)44-35-39-49(40-36-44)61(48-37-33-43(34-38-48)42-19-7-4-8-20-42)50-26-17-25-47(41-50)59(45-21-9-5-10-22-45)54-30-15-16-31-55(54)60(46-23-11-6-12-24-46)53-29-14-13-27-51(53)52-28-18-32-56(59)57(52)60/h4-21,23-41,45H,22H2,1-3H3. The first kappa shape index (κ1) is 37.1. The van der Waals surface area contributed by atoms with Crippen molar-refractivity contribution in [2.45, 2.75) is 43.4 Å². The Hall–Kier alpha value is -6.96. The van der Waals surface area contributed by atoms with Crippen LogP contribution in [0.4, 0.5) is 17.1 Å². The highest BCUT2D eigenvalue weighted by atomic mass is 15.1. The number of anilines is 3. The van der Waals surface area contributed by atoms with Gasteiger partial charge in [-0.1, -0.05) is 209 Å². The molecule has 1 heteroatoms. The van der Waals surface area contributed by atoms with Crippen molar-refractivity contribution < 1.29 is 0 Å². The third-order valence-corrected chi connectivity index (χ3v) is 13.8. The number of hydrogen-bond acceptors (Lipinski definition) is 1. The molecule has 1 nitrogen and oxygen atoms in total. The van der Waals surface area contributed by atoms with E-state index in [4.69, 9.17) is 0 Å². The molecule has 0 spiro atoms. The highest BCUT2D eigenvalue weighted by Gasteiger charge is 2.58. The molecule has 3 aliphatic rings. The second-order valence-corrected chi connectivity index (χ2v) is 18.0. The minimum absolute atomic E-state index is 0.0495. The van der Waals surface area contributed by atoms with E-state index in [1.807, 2.05) is 0 Å². The van der Waals surface area contributed by atoms with E-state index in [9.17, 15) is 0 Å². The summed E-state index contributed by atoms with van der Waals surface area (Å²) in [5.41, 5.74) is 18.4. The van der Waals surface area contributed by atoms with Gasteiger partial charge in [-0.25, -0.2) is 0 Å². The molecule has 0 bridgehead atoms. The summed E-state index contributed by atoms with van der Waals surface area (Å²) in [6, 6.07) is 75.4. The predicted molar refractivity (Wildman–Crippen MR) is 255 cm³/mol. The number of rotatable bonds is 7. The van der Waals surface area contributed by atoms with Crippen LogP contribution in [0.15, 0.2) is 224 Å². The van der Waals surface area contributed by atoms with Gasteiger partial charge in [0.25, 0.3) is 0 Å². The summed E-state index contributed by atoms with van der Waals surface area (Å²) in [4.78, 5) is 2.45. The lowest BCUT2D eigenvalue weighted by atomic mass is 9.49. The number of fused-ring (bicyclic) bond motifs is 5.